The molecule has 1 aromatic rings. The van der Waals surface area contributed by atoms with E-state index in [1.165, 1.54) is 25.9 Å². The van der Waals surface area contributed by atoms with Crippen molar-refractivity contribution in [2.24, 2.45) is 10.9 Å². The number of likely N-dealkylation sites (tertiary alicyclic amines) is 1. The fourth-order valence-corrected chi connectivity index (χ4v) is 2.62. The Balaban J connectivity index is 1.89. The van der Waals surface area contributed by atoms with Crippen molar-refractivity contribution in [3.8, 4) is 5.75 Å². The number of hydrogen-bond acceptors (Lipinski definition) is 4. The van der Waals surface area contributed by atoms with Crippen molar-refractivity contribution in [2.75, 3.05) is 26.2 Å². The van der Waals surface area contributed by atoms with Crippen molar-refractivity contribution >= 4 is 21.8 Å². The molecule has 3 N–H and O–H groups in total. The Labute approximate surface area is 121 Å². The molecule has 0 spiro atoms. The maximum absolute atomic E-state index is 8.62. The van der Waals surface area contributed by atoms with Crippen LogP contribution in [0.15, 0.2) is 27.8 Å². The molecule has 0 unspecified atom stereocenters. The number of ether oxygens (including phenoxy) is 1. The molecule has 5 nitrogen and oxygen atoms in total. The van der Waals surface area contributed by atoms with E-state index in [0.717, 1.165) is 16.8 Å². The average molecular weight is 328 g/mol. The van der Waals surface area contributed by atoms with Gasteiger partial charge < -0.3 is 15.7 Å². The summed E-state index contributed by atoms with van der Waals surface area (Å²) in [4.78, 5) is 2.40. The van der Waals surface area contributed by atoms with Crippen molar-refractivity contribution < 1.29 is 9.94 Å². The first-order valence-corrected chi connectivity index (χ1v) is 7.12. The largest absolute Gasteiger partial charge is 0.491 e. The molecular weight excluding hydrogens is 310 g/mol. The smallest absolute Gasteiger partial charge is 0.170 e. The Morgan fingerprint density at radius 2 is 2.16 bits per heavy atom. The summed E-state index contributed by atoms with van der Waals surface area (Å²) in [5, 5.41) is 11.6. The van der Waals surface area contributed by atoms with Gasteiger partial charge in [-0.25, -0.2) is 0 Å². The molecule has 2 rings (SSSR count). The van der Waals surface area contributed by atoms with Crippen molar-refractivity contribution in [3.63, 3.8) is 0 Å². The van der Waals surface area contributed by atoms with Gasteiger partial charge >= 0.3 is 0 Å². The van der Waals surface area contributed by atoms with Crippen LogP contribution >= 0.6 is 15.9 Å². The van der Waals surface area contributed by atoms with Gasteiger partial charge in [0.05, 0.1) is 4.47 Å². The molecule has 1 aliphatic rings. The predicted octanol–water partition coefficient (Wildman–Crippen LogP) is 2.02. The molecule has 1 saturated heterocycles. The fraction of sp³-hybridized carbons (Fsp3) is 0.462. The first kappa shape index (κ1) is 14.1. The molecule has 0 radical (unpaired) electrons. The summed E-state index contributed by atoms with van der Waals surface area (Å²) in [6.07, 6.45) is 2.58. The Bertz CT molecular complexity index is 459. The van der Waals surface area contributed by atoms with Gasteiger partial charge in [0.25, 0.3) is 0 Å². The number of rotatable bonds is 5. The zero-order valence-corrected chi connectivity index (χ0v) is 12.3. The number of nitrogens with zero attached hydrogens (tertiary/aromatic N) is 2. The standard InChI is InChI=1S/C13H18BrN3O2/c14-11-9-10(13(15)16-18)3-4-12(11)19-8-7-17-5-1-2-6-17/h3-4,9,18H,1-2,5-8H2,(H2,15,16). The summed E-state index contributed by atoms with van der Waals surface area (Å²) >= 11 is 3.43. The predicted molar refractivity (Wildman–Crippen MR) is 77.8 cm³/mol. The lowest BCUT2D eigenvalue weighted by Gasteiger charge is -2.15. The van der Waals surface area contributed by atoms with E-state index in [4.69, 9.17) is 15.7 Å². The van der Waals surface area contributed by atoms with Crippen molar-refractivity contribution in [1.29, 1.82) is 0 Å². The number of hydrogen-bond donors (Lipinski definition) is 2. The molecule has 1 aliphatic heterocycles. The Morgan fingerprint density at radius 3 is 2.79 bits per heavy atom. The summed E-state index contributed by atoms with van der Waals surface area (Å²) in [7, 11) is 0. The first-order chi connectivity index (χ1) is 9.20. The number of oxime groups is 1. The van der Waals surface area contributed by atoms with E-state index in [1.54, 1.807) is 12.1 Å². The number of nitrogens with two attached hydrogens (primary N) is 1. The van der Waals surface area contributed by atoms with E-state index < -0.39 is 0 Å². The molecular formula is C13H18BrN3O2. The molecule has 0 aliphatic carbocycles. The van der Waals surface area contributed by atoms with E-state index in [9.17, 15) is 0 Å². The van der Waals surface area contributed by atoms with Crippen LogP contribution in [0.5, 0.6) is 5.75 Å². The van der Waals surface area contributed by atoms with Crippen molar-refractivity contribution in [2.45, 2.75) is 12.8 Å². The Morgan fingerprint density at radius 1 is 1.42 bits per heavy atom. The lowest BCUT2D eigenvalue weighted by atomic mass is 10.2. The molecule has 1 aromatic carbocycles. The molecule has 1 heterocycles. The van der Waals surface area contributed by atoms with Crippen molar-refractivity contribution in [1.82, 2.24) is 4.90 Å². The third kappa shape index (κ3) is 3.84. The number of halogens is 1. The van der Waals surface area contributed by atoms with Gasteiger partial charge in [-0.2, -0.15) is 0 Å². The minimum absolute atomic E-state index is 0.0873. The highest BCUT2D eigenvalue weighted by Gasteiger charge is 2.11. The van der Waals surface area contributed by atoms with Crippen LogP contribution < -0.4 is 10.5 Å². The second-order valence-electron chi connectivity index (χ2n) is 4.53. The topological polar surface area (TPSA) is 71.1 Å². The van der Waals surface area contributed by atoms with Crippen LogP contribution in [0, 0.1) is 0 Å². The van der Waals surface area contributed by atoms with Crippen LogP contribution in [0.4, 0.5) is 0 Å². The zero-order valence-electron chi connectivity index (χ0n) is 10.7. The van der Waals surface area contributed by atoms with Gasteiger partial charge in [-0.3, -0.25) is 4.90 Å². The molecule has 0 aromatic heterocycles. The van der Waals surface area contributed by atoms with Crippen LogP contribution in [-0.4, -0.2) is 42.2 Å². The van der Waals surface area contributed by atoms with Crippen LogP contribution in [0.2, 0.25) is 0 Å². The molecule has 0 atom stereocenters. The van der Waals surface area contributed by atoms with Crippen LogP contribution in [-0.2, 0) is 0 Å². The SMILES string of the molecule is N/C(=N/O)c1ccc(OCCN2CCCC2)c(Br)c1. The monoisotopic (exact) mass is 327 g/mol. The second-order valence-corrected chi connectivity index (χ2v) is 5.38. The van der Waals surface area contributed by atoms with Gasteiger partial charge in [-0.15, -0.1) is 0 Å². The maximum atomic E-state index is 8.62. The highest BCUT2D eigenvalue weighted by atomic mass is 79.9. The van der Waals surface area contributed by atoms with E-state index >= 15 is 0 Å². The second kappa shape index (κ2) is 6.77. The van der Waals surface area contributed by atoms with Gasteiger partial charge in [0.15, 0.2) is 5.84 Å². The summed E-state index contributed by atoms with van der Waals surface area (Å²) in [5.41, 5.74) is 6.18. The van der Waals surface area contributed by atoms with Gasteiger partial charge in [0, 0.05) is 12.1 Å². The highest BCUT2D eigenvalue weighted by molar-refractivity contribution is 9.10. The Kier molecular flexibility index (Phi) is 5.04. The van der Waals surface area contributed by atoms with Gasteiger partial charge in [-0.05, 0) is 60.1 Å². The van der Waals surface area contributed by atoms with E-state index in [2.05, 4.69) is 26.0 Å². The van der Waals surface area contributed by atoms with Crippen LogP contribution in [0.1, 0.15) is 18.4 Å². The lowest BCUT2D eigenvalue weighted by Crippen LogP contribution is -2.25. The summed E-state index contributed by atoms with van der Waals surface area (Å²) in [6.45, 7) is 3.97. The van der Waals surface area contributed by atoms with E-state index in [1.807, 2.05) is 6.07 Å². The Hall–Kier alpha value is -1.27. The molecule has 0 saturated carbocycles. The lowest BCUT2D eigenvalue weighted by molar-refractivity contribution is 0.237. The first-order valence-electron chi connectivity index (χ1n) is 6.33. The third-order valence-corrected chi connectivity index (χ3v) is 3.82. The minimum atomic E-state index is 0.0873. The third-order valence-electron chi connectivity index (χ3n) is 3.20. The molecule has 6 heteroatoms. The van der Waals surface area contributed by atoms with Crippen LogP contribution in [0.25, 0.3) is 0 Å². The minimum Gasteiger partial charge on any atom is -0.491 e. The molecule has 104 valence electrons. The fourth-order valence-electron chi connectivity index (χ4n) is 2.13. The normalized spacial score (nSPS) is 16.8. The quantitative estimate of drug-likeness (QED) is 0.375. The van der Waals surface area contributed by atoms with Crippen molar-refractivity contribution in [3.05, 3.63) is 28.2 Å². The van der Waals surface area contributed by atoms with Gasteiger partial charge in [-0.1, -0.05) is 5.16 Å². The summed E-state index contributed by atoms with van der Waals surface area (Å²) < 4.78 is 6.54. The van der Waals surface area contributed by atoms with E-state index in [-0.39, 0.29) is 5.84 Å². The molecule has 1 fully saturated rings. The maximum Gasteiger partial charge on any atom is 0.170 e. The number of amidine groups is 1. The van der Waals surface area contributed by atoms with E-state index in [0.29, 0.717) is 12.2 Å². The van der Waals surface area contributed by atoms with Crippen LogP contribution in [0.3, 0.4) is 0 Å². The van der Waals surface area contributed by atoms with Gasteiger partial charge in [0.2, 0.25) is 0 Å². The number of benzene rings is 1. The molecule has 0 amide bonds. The zero-order chi connectivity index (χ0) is 13.7. The highest BCUT2D eigenvalue weighted by Crippen LogP contribution is 2.26. The van der Waals surface area contributed by atoms with Gasteiger partial charge in [0.1, 0.15) is 12.4 Å². The molecule has 19 heavy (non-hydrogen) atoms. The molecule has 0 bridgehead atoms. The average Bonchev–Trinajstić information content (AvgIpc) is 2.93. The summed E-state index contributed by atoms with van der Waals surface area (Å²) in [6, 6.07) is 5.37. The summed E-state index contributed by atoms with van der Waals surface area (Å²) in [5.74, 6) is 0.859.